The first-order valence-corrected chi connectivity index (χ1v) is 7.86. The van der Waals surface area contributed by atoms with Gasteiger partial charge in [-0.25, -0.2) is 9.59 Å². The summed E-state index contributed by atoms with van der Waals surface area (Å²) in [4.78, 5) is 24.3. The number of hydrogen-bond acceptors (Lipinski definition) is 5. The Balaban J connectivity index is 2.27. The maximum atomic E-state index is 12.3. The Bertz CT molecular complexity index is 955. The van der Waals surface area contributed by atoms with Crippen molar-refractivity contribution >= 4 is 27.7 Å². The summed E-state index contributed by atoms with van der Waals surface area (Å²) in [7, 11) is 1.30. The SMILES string of the molecule is CCCCOc1cc2c(cc1C(=O)OC)c(=O)oc1ccccc12. The number of carbonyl (C=O) groups excluding carboxylic acids is 1. The lowest BCUT2D eigenvalue weighted by Gasteiger charge is -2.12. The van der Waals surface area contributed by atoms with E-state index in [1.54, 1.807) is 18.2 Å². The topological polar surface area (TPSA) is 65.7 Å². The molecule has 0 saturated heterocycles. The van der Waals surface area contributed by atoms with Crippen molar-refractivity contribution in [3.8, 4) is 5.75 Å². The number of rotatable bonds is 5. The van der Waals surface area contributed by atoms with Crippen molar-refractivity contribution in [3.05, 3.63) is 52.4 Å². The van der Waals surface area contributed by atoms with E-state index in [4.69, 9.17) is 13.9 Å². The van der Waals surface area contributed by atoms with E-state index >= 15 is 0 Å². The summed E-state index contributed by atoms with van der Waals surface area (Å²) >= 11 is 0. The maximum Gasteiger partial charge on any atom is 0.344 e. The number of para-hydroxylation sites is 1. The fraction of sp³-hybridized carbons (Fsp3) is 0.263. The van der Waals surface area contributed by atoms with Crippen molar-refractivity contribution in [2.75, 3.05) is 13.7 Å². The van der Waals surface area contributed by atoms with Crippen LogP contribution < -0.4 is 10.4 Å². The molecular weight excluding hydrogens is 308 g/mol. The summed E-state index contributed by atoms with van der Waals surface area (Å²) in [6.45, 7) is 2.55. The second kappa shape index (κ2) is 6.74. The van der Waals surface area contributed by atoms with Crippen molar-refractivity contribution in [2.45, 2.75) is 19.8 Å². The summed E-state index contributed by atoms with van der Waals surface area (Å²) in [5.74, 6) is -0.130. The van der Waals surface area contributed by atoms with Gasteiger partial charge in [-0.05, 0) is 24.6 Å². The molecule has 3 aromatic rings. The second-order valence-electron chi connectivity index (χ2n) is 5.47. The molecule has 0 fully saturated rings. The lowest BCUT2D eigenvalue weighted by atomic mass is 10.0. The Morgan fingerprint density at radius 2 is 1.92 bits per heavy atom. The summed E-state index contributed by atoms with van der Waals surface area (Å²) in [6, 6.07) is 10.5. The Kier molecular flexibility index (Phi) is 4.51. The second-order valence-corrected chi connectivity index (χ2v) is 5.47. The van der Waals surface area contributed by atoms with E-state index in [2.05, 4.69) is 6.92 Å². The van der Waals surface area contributed by atoms with E-state index in [9.17, 15) is 9.59 Å². The molecular formula is C19H18O5. The average molecular weight is 326 g/mol. The van der Waals surface area contributed by atoms with Gasteiger partial charge in [0.15, 0.2) is 0 Å². The minimum atomic E-state index is -0.545. The van der Waals surface area contributed by atoms with E-state index in [0.717, 1.165) is 18.2 Å². The maximum absolute atomic E-state index is 12.3. The summed E-state index contributed by atoms with van der Waals surface area (Å²) in [6.07, 6.45) is 1.85. The molecule has 0 aliphatic heterocycles. The quantitative estimate of drug-likeness (QED) is 0.308. The van der Waals surface area contributed by atoms with Gasteiger partial charge in [-0.2, -0.15) is 0 Å². The molecule has 0 atom stereocenters. The standard InChI is InChI=1S/C19H18O5/c1-3-4-9-23-17-11-13-12-7-5-6-8-16(12)24-19(21)14(13)10-15(17)18(20)22-2/h5-8,10-11H,3-4,9H2,1-2H3. The first-order valence-electron chi connectivity index (χ1n) is 7.86. The molecule has 1 heterocycles. The number of carbonyl (C=O) groups is 1. The van der Waals surface area contributed by atoms with Gasteiger partial charge in [-0.1, -0.05) is 31.5 Å². The zero-order valence-corrected chi connectivity index (χ0v) is 13.6. The van der Waals surface area contributed by atoms with Crippen LogP contribution in [0.4, 0.5) is 0 Å². The number of methoxy groups -OCH3 is 1. The summed E-state index contributed by atoms with van der Waals surface area (Å²) in [5, 5.41) is 1.82. The van der Waals surface area contributed by atoms with E-state index in [0.29, 0.717) is 28.7 Å². The Hall–Kier alpha value is -2.82. The lowest BCUT2D eigenvalue weighted by Crippen LogP contribution is -2.09. The number of benzene rings is 2. The third kappa shape index (κ3) is 2.85. The molecule has 1 aromatic heterocycles. The predicted molar refractivity (Wildman–Crippen MR) is 91.7 cm³/mol. The van der Waals surface area contributed by atoms with E-state index in [-0.39, 0.29) is 5.56 Å². The Morgan fingerprint density at radius 1 is 1.12 bits per heavy atom. The fourth-order valence-corrected chi connectivity index (χ4v) is 2.62. The molecule has 124 valence electrons. The zero-order valence-electron chi connectivity index (χ0n) is 13.6. The van der Waals surface area contributed by atoms with Crippen LogP contribution in [0.3, 0.4) is 0 Å². The van der Waals surface area contributed by atoms with Crippen LogP contribution in [-0.2, 0) is 4.74 Å². The third-order valence-electron chi connectivity index (χ3n) is 3.88. The highest BCUT2D eigenvalue weighted by Crippen LogP contribution is 2.30. The van der Waals surface area contributed by atoms with Crippen molar-refractivity contribution < 1.29 is 18.7 Å². The Labute approximate surface area is 138 Å². The van der Waals surface area contributed by atoms with E-state index < -0.39 is 11.6 Å². The molecule has 0 spiro atoms. The molecule has 5 nitrogen and oxygen atoms in total. The highest BCUT2D eigenvalue weighted by molar-refractivity contribution is 6.08. The van der Waals surface area contributed by atoms with Gasteiger partial charge < -0.3 is 13.9 Å². The fourth-order valence-electron chi connectivity index (χ4n) is 2.62. The van der Waals surface area contributed by atoms with Gasteiger partial charge in [0.25, 0.3) is 0 Å². The van der Waals surface area contributed by atoms with Gasteiger partial charge in [0.05, 0.1) is 19.1 Å². The van der Waals surface area contributed by atoms with Gasteiger partial charge in [0, 0.05) is 10.8 Å². The number of esters is 1. The molecule has 3 rings (SSSR count). The molecule has 0 aliphatic carbocycles. The number of unbranched alkanes of at least 4 members (excludes halogenated alkanes) is 1. The van der Waals surface area contributed by atoms with Crippen LogP contribution in [0.25, 0.3) is 21.7 Å². The number of hydrogen-bond donors (Lipinski definition) is 0. The van der Waals surface area contributed by atoms with Crippen LogP contribution in [0.5, 0.6) is 5.75 Å². The molecule has 0 N–H and O–H groups in total. The molecule has 0 unspecified atom stereocenters. The van der Waals surface area contributed by atoms with Crippen molar-refractivity contribution in [3.63, 3.8) is 0 Å². The van der Waals surface area contributed by atoms with Crippen molar-refractivity contribution in [1.82, 2.24) is 0 Å². The minimum Gasteiger partial charge on any atom is -0.493 e. The molecule has 2 aromatic carbocycles. The molecule has 0 saturated carbocycles. The smallest absolute Gasteiger partial charge is 0.344 e. The van der Waals surface area contributed by atoms with Crippen molar-refractivity contribution in [2.24, 2.45) is 0 Å². The van der Waals surface area contributed by atoms with Crippen LogP contribution in [-0.4, -0.2) is 19.7 Å². The normalized spacial score (nSPS) is 10.9. The van der Waals surface area contributed by atoms with Crippen LogP contribution in [0.2, 0.25) is 0 Å². The highest BCUT2D eigenvalue weighted by atomic mass is 16.5. The van der Waals surface area contributed by atoms with Crippen LogP contribution >= 0.6 is 0 Å². The van der Waals surface area contributed by atoms with Crippen LogP contribution in [0.1, 0.15) is 30.1 Å². The summed E-state index contributed by atoms with van der Waals surface area (Å²) in [5.41, 5.74) is 0.234. The molecule has 0 radical (unpaired) electrons. The van der Waals surface area contributed by atoms with Crippen LogP contribution in [0, 0.1) is 0 Å². The monoisotopic (exact) mass is 326 g/mol. The highest BCUT2D eigenvalue weighted by Gasteiger charge is 2.18. The zero-order chi connectivity index (χ0) is 17.1. The average Bonchev–Trinajstić information content (AvgIpc) is 2.61. The summed E-state index contributed by atoms with van der Waals surface area (Å²) < 4.78 is 15.9. The van der Waals surface area contributed by atoms with E-state index in [1.165, 1.54) is 13.2 Å². The first kappa shape index (κ1) is 16.1. The van der Waals surface area contributed by atoms with Gasteiger partial charge in [0.1, 0.15) is 16.9 Å². The van der Waals surface area contributed by atoms with E-state index in [1.807, 2.05) is 12.1 Å². The minimum absolute atomic E-state index is 0.226. The third-order valence-corrected chi connectivity index (χ3v) is 3.88. The molecule has 5 heteroatoms. The number of fused-ring (bicyclic) bond motifs is 3. The largest absolute Gasteiger partial charge is 0.493 e. The first-order chi connectivity index (χ1) is 11.7. The van der Waals surface area contributed by atoms with Gasteiger partial charge in [0.2, 0.25) is 0 Å². The number of ether oxygens (including phenoxy) is 2. The molecule has 0 bridgehead atoms. The van der Waals surface area contributed by atoms with Crippen molar-refractivity contribution in [1.29, 1.82) is 0 Å². The molecule has 24 heavy (non-hydrogen) atoms. The predicted octanol–water partition coefficient (Wildman–Crippen LogP) is 3.91. The van der Waals surface area contributed by atoms with Gasteiger partial charge >= 0.3 is 11.6 Å². The molecule has 0 aliphatic rings. The molecule has 0 amide bonds. The Morgan fingerprint density at radius 3 is 2.67 bits per heavy atom. The van der Waals surface area contributed by atoms with Crippen LogP contribution in [0.15, 0.2) is 45.6 Å². The van der Waals surface area contributed by atoms with Gasteiger partial charge in [-0.3, -0.25) is 0 Å². The lowest BCUT2D eigenvalue weighted by molar-refractivity contribution is 0.0596. The van der Waals surface area contributed by atoms with Gasteiger partial charge in [-0.15, -0.1) is 0 Å².